The summed E-state index contributed by atoms with van der Waals surface area (Å²) in [5, 5.41) is 12.3. The molecule has 1 fully saturated rings. The van der Waals surface area contributed by atoms with Gasteiger partial charge in [0.2, 0.25) is 0 Å². The average Bonchev–Trinajstić information content (AvgIpc) is 2.88. The van der Waals surface area contributed by atoms with E-state index in [2.05, 4.69) is 28.4 Å². The van der Waals surface area contributed by atoms with Crippen LogP contribution < -0.4 is 10.1 Å². The number of aromatic nitrogens is 2. The maximum Gasteiger partial charge on any atom is 0.271 e. The fraction of sp³-hybridized carbons (Fsp3) is 0.429. The van der Waals surface area contributed by atoms with Crippen LogP contribution in [0.5, 0.6) is 5.75 Å². The van der Waals surface area contributed by atoms with Gasteiger partial charge < -0.3 is 10.1 Å². The minimum absolute atomic E-state index is 0.0753. The number of amides is 1. The minimum atomic E-state index is -0.194. The van der Waals surface area contributed by atoms with Crippen LogP contribution >= 0.6 is 11.6 Å². The predicted molar refractivity (Wildman–Crippen MR) is 145 cm³/mol. The van der Waals surface area contributed by atoms with Crippen molar-refractivity contribution in [1.82, 2.24) is 15.3 Å². The van der Waals surface area contributed by atoms with Crippen LogP contribution in [-0.4, -0.2) is 28.0 Å². The number of aryl methyl sites for hydroxylation is 1. The van der Waals surface area contributed by atoms with E-state index in [1.807, 2.05) is 47.6 Å². The Morgan fingerprint density at radius 3 is 2.23 bits per heavy atom. The SMILES string of the molecule is C=CC(=C)C.CC.CC.Cc1cnc(C(=O)NC2CCC(Oc3ccc(C#N)c(Cl)c3)CC2)cn1. The van der Waals surface area contributed by atoms with E-state index in [4.69, 9.17) is 21.6 Å². The van der Waals surface area contributed by atoms with Crippen molar-refractivity contribution in [2.45, 2.75) is 79.4 Å². The monoisotopic (exact) mass is 498 g/mol. The van der Waals surface area contributed by atoms with E-state index in [1.54, 1.807) is 30.5 Å². The molecule has 1 heterocycles. The number of rotatable bonds is 5. The van der Waals surface area contributed by atoms with E-state index in [1.165, 1.54) is 6.20 Å². The normalized spacial score (nSPS) is 15.7. The average molecular weight is 499 g/mol. The van der Waals surface area contributed by atoms with Crippen LogP contribution in [0.2, 0.25) is 5.02 Å². The minimum Gasteiger partial charge on any atom is -0.490 e. The topological polar surface area (TPSA) is 87.9 Å². The lowest BCUT2D eigenvalue weighted by Gasteiger charge is -2.29. The Morgan fingerprint density at radius 1 is 1.17 bits per heavy atom. The van der Waals surface area contributed by atoms with Gasteiger partial charge in [-0.05, 0) is 51.7 Å². The molecule has 0 radical (unpaired) electrons. The van der Waals surface area contributed by atoms with Gasteiger partial charge >= 0.3 is 0 Å². The largest absolute Gasteiger partial charge is 0.490 e. The van der Waals surface area contributed by atoms with Crippen LogP contribution in [-0.2, 0) is 0 Å². The summed E-state index contributed by atoms with van der Waals surface area (Å²) in [5.41, 5.74) is 2.57. The zero-order chi connectivity index (χ0) is 26.8. The molecule has 0 unspecified atom stereocenters. The van der Waals surface area contributed by atoms with Gasteiger partial charge in [-0.2, -0.15) is 5.26 Å². The van der Waals surface area contributed by atoms with Crippen LogP contribution in [0.25, 0.3) is 0 Å². The highest BCUT2D eigenvalue weighted by Crippen LogP contribution is 2.27. The van der Waals surface area contributed by atoms with Crippen LogP contribution in [0.15, 0.2) is 55.4 Å². The molecule has 1 aromatic heterocycles. The second-order valence-corrected chi connectivity index (χ2v) is 7.82. The number of allylic oxidation sites excluding steroid dienone is 2. The van der Waals surface area contributed by atoms with Crippen molar-refractivity contribution in [3.63, 3.8) is 0 Å². The number of carbonyl (C=O) groups is 1. The molecule has 1 aliphatic rings. The third-order valence-corrected chi connectivity index (χ3v) is 5.05. The van der Waals surface area contributed by atoms with Crippen molar-refractivity contribution in [2.24, 2.45) is 0 Å². The number of nitrogens with zero attached hydrogens (tertiary/aromatic N) is 3. The van der Waals surface area contributed by atoms with Crippen molar-refractivity contribution in [3.05, 3.63) is 77.4 Å². The Bertz CT molecular complexity index is 960. The number of benzene rings is 1. The number of carbonyl (C=O) groups excluding carboxylic acids is 1. The lowest BCUT2D eigenvalue weighted by molar-refractivity contribution is 0.0888. The smallest absolute Gasteiger partial charge is 0.271 e. The van der Waals surface area contributed by atoms with Gasteiger partial charge in [-0.3, -0.25) is 9.78 Å². The van der Waals surface area contributed by atoms with Crippen LogP contribution in [0.4, 0.5) is 0 Å². The summed E-state index contributed by atoms with van der Waals surface area (Å²) in [6, 6.07) is 7.22. The van der Waals surface area contributed by atoms with E-state index in [-0.39, 0.29) is 18.1 Å². The lowest BCUT2D eigenvalue weighted by atomic mass is 9.93. The Morgan fingerprint density at radius 2 is 1.77 bits per heavy atom. The van der Waals surface area contributed by atoms with Crippen LogP contribution in [0.1, 0.15) is 82.0 Å². The number of ether oxygens (including phenoxy) is 1. The fourth-order valence-corrected chi connectivity index (χ4v) is 3.16. The van der Waals surface area contributed by atoms with Gasteiger partial charge in [0.1, 0.15) is 17.5 Å². The summed E-state index contributed by atoms with van der Waals surface area (Å²) in [4.78, 5) is 20.4. The van der Waals surface area contributed by atoms with Gasteiger partial charge in [-0.25, -0.2) is 4.98 Å². The zero-order valence-corrected chi connectivity index (χ0v) is 22.7. The molecule has 1 aromatic carbocycles. The molecule has 190 valence electrons. The molecule has 1 amide bonds. The van der Waals surface area contributed by atoms with Crippen molar-refractivity contribution < 1.29 is 9.53 Å². The van der Waals surface area contributed by atoms with Gasteiger partial charge in [0.15, 0.2) is 0 Å². The molecule has 0 bridgehead atoms. The van der Waals surface area contributed by atoms with Crippen molar-refractivity contribution in [1.29, 1.82) is 5.26 Å². The molecule has 2 aromatic rings. The van der Waals surface area contributed by atoms with Crippen LogP contribution in [0, 0.1) is 18.3 Å². The van der Waals surface area contributed by atoms with Crippen molar-refractivity contribution in [2.75, 3.05) is 0 Å². The lowest BCUT2D eigenvalue weighted by Crippen LogP contribution is -2.40. The van der Waals surface area contributed by atoms with E-state index in [0.717, 1.165) is 37.0 Å². The Kier molecular flexibility index (Phi) is 16.5. The zero-order valence-electron chi connectivity index (χ0n) is 21.9. The first-order valence-electron chi connectivity index (χ1n) is 12.1. The van der Waals surface area contributed by atoms with E-state index >= 15 is 0 Å². The second kappa shape index (κ2) is 18.2. The molecule has 0 spiro atoms. The van der Waals surface area contributed by atoms with Crippen molar-refractivity contribution >= 4 is 17.5 Å². The molecule has 0 saturated heterocycles. The van der Waals surface area contributed by atoms with Gasteiger partial charge in [-0.15, -0.1) is 0 Å². The summed E-state index contributed by atoms with van der Waals surface area (Å²) < 4.78 is 5.96. The molecule has 35 heavy (non-hydrogen) atoms. The molecule has 1 aliphatic carbocycles. The van der Waals surface area contributed by atoms with Crippen LogP contribution in [0.3, 0.4) is 0 Å². The third-order valence-electron chi connectivity index (χ3n) is 4.74. The highest BCUT2D eigenvalue weighted by molar-refractivity contribution is 6.31. The van der Waals surface area contributed by atoms with Crippen molar-refractivity contribution in [3.8, 4) is 11.8 Å². The molecule has 7 heteroatoms. The summed E-state index contributed by atoms with van der Waals surface area (Å²) in [7, 11) is 0. The number of nitrogens with one attached hydrogen (secondary N) is 1. The summed E-state index contributed by atoms with van der Waals surface area (Å²) >= 11 is 6.03. The first-order valence-corrected chi connectivity index (χ1v) is 12.4. The van der Waals surface area contributed by atoms with Gasteiger partial charge in [-0.1, -0.05) is 64.1 Å². The van der Waals surface area contributed by atoms with Gasteiger partial charge in [0.25, 0.3) is 5.91 Å². The first-order chi connectivity index (χ1) is 16.8. The first kappa shape index (κ1) is 31.8. The Balaban J connectivity index is 0.00000112. The number of nitriles is 1. The maximum atomic E-state index is 12.2. The fourth-order valence-electron chi connectivity index (χ4n) is 2.95. The molecule has 3 rings (SSSR count). The molecule has 1 N–H and O–H groups in total. The highest BCUT2D eigenvalue weighted by Gasteiger charge is 2.24. The quantitative estimate of drug-likeness (QED) is 0.439. The number of hydrogen-bond acceptors (Lipinski definition) is 5. The number of halogens is 1. The van der Waals surface area contributed by atoms with E-state index in [0.29, 0.717) is 22.0 Å². The second-order valence-electron chi connectivity index (χ2n) is 7.41. The van der Waals surface area contributed by atoms with E-state index in [9.17, 15) is 4.79 Å². The maximum absolute atomic E-state index is 12.2. The Hall–Kier alpha value is -3.17. The summed E-state index contributed by atoms with van der Waals surface area (Å²) in [6.07, 6.45) is 8.21. The molecular formula is C28H39ClN4O2. The Labute approximate surface area is 216 Å². The third kappa shape index (κ3) is 12.2. The summed E-state index contributed by atoms with van der Waals surface area (Å²) in [6.45, 7) is 18.8. The van der Waals surface area contributed by atoms with Gasteiger partial charge in [0.05, 0.1) is 28.6 Å². The van der Waals surface area contributed by atoms with Gasteiger partial charge in [0, 0.05) is 18.3 Å². The molecule has 0 aliphatic heterocycles. The molecule has 6 nitrogen and oxygen atoms in total. The standard InChI is InChI=1S/C19H19ClN4O2.C5H8.2C2H6/c1-12-10-23-18(11-22-12)19(25)24-14-3-6-15(7-4-14)26-16-5-2-13(9-21)17(20)8-16;1-4-5(2)3;2*1-2/h2,5,8,10-11,14-15H,3-4,6-7H2,1H3,(H,24,25);4H,1-2H2,3H3;2*1-2H3. The predicted octanol–water partition coefficient (Wildman–Crippen LogP) is 7.23. The molecular weight excluding hydrogens is 460 g/mol. The number of hydrogen-bond donors (Lipinski definition) is 1. The summed E-state index contributed by atoms with van der Waals surface area (Å²) in [5.74, 6) is 0.470. The molecule has 0 atom stereocenters. The highest BCUT2D eigenvalue weighted by atomic mass is 35.5. The molecule has 1 saturated carbocycles. The van der Waals surface area contributed by atoms with E-state index < -0.39 is 0 Å².